The molecule has 0 unspecified atom stereocenters. The van der Waals surface area contributed by atoms with Crippen LogP contribution in [-0.4, -0.2) is 33.8 Å². The first-order valence-corrected chi connectivity index (χ1v) is 9.93. The number of rotatable bonds is 6. The van der Waals surface area contributed by atoms with E-state index < -0.39 is 0 Å². The Morgan fingerprint density at radius 3 is 2.72 bits per heavy atom. The lowest BCUT2D eigenvalue weighted by atomic mass is 10.2. The van der Waals surface area contributed by atoms with Crippen molar-refractivity contribution < 1.29 is 14.2 Å². The van der Waals surface area contributed by atoms with Gasteiger partial charge in [-0.3, -0.25) is 9.97 Å². The number of methoxy groups -OCH3 is 1. The topological polar surface area (TPSA) is 103 Å². The van der Waals surface area contributed by atoms with Crippen LogP contribution in [0.5, 0.6) is 17.2 Å². The summed E-state index contributed by atoms with van der Waals surface area (Å²) in [5.41, 5.74) is 3.91. The van der Waals surface area contributed by atoms with Gasteiger partial charge in [0.05, 0.1) is 18.5 Å². The third kappa shape index (κ3) is 3.83. The second kappa shape index (κ2) is 8.38. The number of aromatic nitrogens is 4. The number of hydrogen-bond acceptors (Lipinski definition) is 9. The fraction of sp³-hybridized carbons (Fsp3) is 0.130. The average Bonchev–Trinajstić information content (AvgIpc) is 3.30. The van der Waals surface area contributed by atoms with Crippen molar-refractivity contribution >= 4 is 23.1 Å². The zero-order valence-corrected chi connectivity index (χ0v) is 17.5. The van der Waals surface area contributed by atoms with Crippen LogP contribution in [0.25, 0.3) is 11.4 Å². The molecule has 1 aliphatic heterocycles. The van der Waals surface area contributed by atoms with Crippen LogP contribution in [0.2, 0.25) is 0 Å². The Balaban J connectivity index is 1.44. The average molecular weight is 428 g/mol. The maximum Gasteiger partial charge on any atom is 0.231 e. The standard InChI is InChI=1S/C23H20N6O3/c1-14-12-26-23(27-15-10-18(30-2)21-19(11-15)31-13-32-21)29-22(14)28-17-7-5-9-25-20(17)16-6-3-4-8-24-16/h3-12H,13H2,1-2H3,(H2,26,27,28,29). The summed E-state index contributed by atoms with van der Waals surface area (Å²) in [6.07, 6.45) is 5.23. The van der Waals surface area contributed by atoms with Gasteiger partial charge in [0.1, 0.15) is 11.5 Å². The summed E-state index contributed by atoms with van der Waals surface area (Å²) in [6, 6.07) is 13.2. The van der Waals surface area contributed by atoms with E-state index in [0.29, 0.717) is 29.0 Å². The van der Waals surface area contributed by atoms with Crippen LogP contribution in [0.3, 0.4) is 0 Å². The fourth-order valence-corrected chi connectivity index (χ4v) is 3.30. The lowest BCUT2D eigenvalue weighted by Gasteiger charge is -2.14. The molecule has 3 aromatic heterocycles. The van der Waals surface area contributed by atoms with E-state index in [1.807, 2.05) is 49.4 Å². The SMILES string of the molecule is COc1cc(Nc2ncc(C)c(Nc3cccnc3-c3ccccn3)n2)cc2c1OCO2. The number of ether oxygens (including phenoxy) is 3. The van der Waals surface area contributed by atoms with Gasteiger partial charge in [-0.1, -0.05) is 6.07 Å². The number of anilines is 4. The first kappa shape index (κ1) is 19.6. The number of benzene rings is 1. The smallest absolute Gasteiger partial charge is 0.231 e. The molecule has 1 aliphatic rings. The van der Waals surface area contributed by atoms with Crippen molar-refractivity contribution in [3.63, 3.8) is 0 Å². The Kier molecular flexibility index (Phi) is 5.12. The van der Waals surface area contributed by atoms with Gasteiger partial charge in [0.25, 0.3) is 0 Å². The van der Waals surface area contributed by atoms with E-state index in [1.165, 1.54) is 0 Å². The summed E-state index contributed by atoms with van der Waals surface area (Å²) < 4.78 is 16.3. The van der Waals surface area contributed by atoms with Crippen molar-refractivity contribution in [3.8, 4) is 28.6 Å². The lowest BCUT2D eigenvalue weighted by molar-refractivity contribution is 0.171. The van der Waals surface area contributed by atoms with Gasteiger partial charge < -0.3 is 24.8 Å². The van der Waals surface area contributed by atoms with Crippen LogP contribution in [-0.2, 0) is 0 Å². The third-order valence-corrected chi connectivity index (χ3v) is 4.85. The Morgan fingerprint density at radius 2 is 1.88 bits per heavy atom. The molecule has 0 spiro atoms. The van der Waals surface area contributed by atoms with Crippen LogP contribution >= 0.6 is 0 Å². The molecule has 0 amide bonds. The maximum atomic E-state index is 5.49. The number of aryl methyl sites for hydroxylation is 1. The molecule has 0 atom stereocenters. The molecule has 5 rings (SSSR count). The zero-order valence-electron chi connectivity index (χ0n) is 17.5. The predicted octanol–water partition coefficient (Wildman–Crippen LogP) is 4.47. The van der Waals surface area contributed by atoms with Crippen molar-refractivity contribution in [3.05, 3.63) is 66.6 Å². The highest BCUT2D eigenvalue weighted by Crippen LogP contribution is 2.43. The number of pyridine rings is 2. The lowest BCUT2D eigenvalue weighted by Crippen LogP contribution is -2.04. The van der Waals surface area contributed by atoms with Crippen molar-refractivity contribution in [1.82, 2.24) is 19.9 Å². The Hall–Kier alpha value is -4.40. The molecule has 160 valence electrons. The summed E-state index contributed by atoms with van der Waals surface area (Å²) in [7, 11) is 1.58. The van der Waals surface area contributed by atoms with Crippen LogP contribution in [0, 0.1) is 6.92 Å². The van der Waals surface area contributed by atoms with E-state index in [0.717, 1.165) is 28.3 Å². The summed E-state index contributed by atoms with van der Waals surface area (Å²) in [6.45, 7) is 2.10. The highest BCUT2D eigenvalue weighted by Gasteiger charge is 2.20. The summed E-state index contributed by atoms with van der Waals surface area (Å²) in [5, 5.41) is 6.57. The Bertz CT molecular complexity index is 1270. The normalized spacial score (nSPS) is 11.8. The molecule has 9 heteroatoms. The van der Waals surface area contributed by atoms with E-state index in [1.54, 1.807) is 25.7 Å². The molecule has 9 nitrogen and oxygen atoms in total. The molecule has 0 saturated carbocycles. The molecular formula is C23H20N6O3. The fourth-order valence-electron chi connectivity index (χ4n) is 3.30. The second-order valence-electron chi connectivity index (χ2n) is 7.00. The summed E-state index contributed by atoms with van der Waals surface area (Å²) >= 11 is 0. The van der Waals surface area contributed by atoms with Crippen LogP contribution in [0.4, 0.5) is 23.1 Å². The molecule has 32 heavy (non-hydrogen) atoms. The van der Waals surface area contributed by atoms with Gasteiger partial charge in [-0.2, -0.15) is 4.98 Å². The molecule has 0 bridgehead atoms. The quantitative estimate of drug-likeness (QED) is 0.460. The minimum absolute atomic E-state index is 0.161. The van der Waals surface area contributed by atoms with Gasteiger partial charge in [0, 0.05) is 42.0 Å². The van der Waals surface area contributed by atoms with Gasteiger partial charge in [-0.05, 0) is 31.2 Å². The molecule has 0 radical (unpaired) electrons. The number of nitrogens with zero attached hydrogens (tertiary/aromatic N) is 4. The third-order valence-electron chi connectivity index (χ3n) is 4.85. The first-order chi connectivity index (χ1) is 15.7. The number of nitrogens with one attached hydrogen (secondary N) is 2. The predicted molar refractivity (Wildman–Crippen MR) is 120 cm³/mol. The van der Waals surface area contributed by atoms with E-state index in [-0.39, 0.29) is 6.79 Å². The Labute approximate surface area is 184 Å². The minimum Gasteiger partial charge on any atom is -0.493 e. The van der Waals surface area contributed by atoms with Crippen molar-refractivity contribution in [1.29, 1.82) is 0 Å². The van der Waals surface area contributed by atoms with Crippen LogP contribution in [0.1, 0.15) is 5.56 Å². The summed E-state index contributed by atoms with van der Waals surface area (Å²) in [5.74, 6) is 2.84. The molecule has 2 N–H and O–H groups in total. The van der Waals surface area contributed by atoms with Gasteiger partial charge in [0.15, 0.2) is 11.5 Å². The van der Waals surface area contributed by atoms with Crippen molar-refractivity contribution in [2.75, 3.05) is 24.5 Å². The van der Waals surface area contributed by atoms with Crippen molar-refractivity contribution in [2.24, 2.45) is 0 Å². The monoisotopic (exact) mass is 428 g/mol. The van der Waals surface area contributed by atoms with Crippen molar-refractivity contribution in [2.45, 2.75) is 6.92 Å². The first-order valence-electron chi connectivity index (χ1n) is 9.93. The molecule has 0 aliphatic carbocycles. The zero-order chi connectivity index (χ0) is 21.9. The highest BCUT2D eigenvalue weighted by molar-refractivity contribution is 5.76. The van der Waals surface area contributed by atoms with Gasteiger partial charge in [-0.25, -0.2) is 4.98 Å². The van der Waals surface area contributed by atoms with E-state index in [9.17, 15) is 0 Å². The van der Waals surface area contributed by atoms with Crippen LogP contribution < -0.4 is 24.8 Å². The molecule has 1 aromatic carbocycles. The van der Waals surface area contributed by atoms with Gasteiger partial charge in [-0.15, -0.1) is 0 Å². The highest BCUT2D eigenvalue weighted by atomic mass is 16.7. The maximum absolute atomic E-state index is 5.49. The van der Waals surface area contributed by atoms with E-state index in [2.05, 4.69) is 30.6 Å². The van der Waals surface area contributed by atoms with Crippen LogP contribution in [0.15, 0.2) is 61.1 Å². The molecule has 4 aromatic rings. The van der Waals surface area contributed by atoms with E-state index in [4.69, 9.17) is 14.2 Å². The minimum atomic E-state index is 0.161. The molecular weight excluding hydrogens is 408 g/mol. The van der Waals surface area contributed by atoms with E-state index >= 15 is 0 Å². The number of hydrogen-bond donors (Lipinski definition) is 2. The Morgan fingerprint density at radius 1 is 0.969 bits per heavy atom. The summed E-state index contributed by atoms with van der Waals surface area (Å²) in [4.78, 5) is 18.0. The van der Waals surface area contributed by atoms with Gasteiger partial charge in [0.2, 0.25) is 18.5 Å². The van der Waals surface area contributed by atoms with Gasteiger partial charge >= 0.3 is 0 Å². The number of fused-ring (bicyclic) bond motifs is 1. The molecule has 4 heterocycles. The molecule has 0 saturated heterocycles. The second-order valence-corrected chi connectivity index (χ2v) is 7.00. The largest absolute Gasteiger partial charge is 0.493 e. The molecule has 0 fully saturated rings.